The molecule has 1 aromatic carbocycles. The van der Waals surface area contributed by atoms with Gasteiger partial charge < -0.3 is 10.1 Å². The molecule has 0 aliphatic rings. The molecule has 0 aliphatic carbocycles. The summed E-state index contributed by atoms with van der Waals surface area (Å²) in [5.41, 5.74) is 0.333. The van der Waals surface area contributed by atoms with Gasteiger partial charge >= 0.3 is 5.97 Å². The van der Waals surface area contributed by atoms with Crippen LogP contribution < -0.4 is 5.56 Å². The van der Waals surface area contributed by atoms with Crippen LogP contribution >= 0.6 is 11.6 Å². The highest BCUT2D eigenvalue weighted by atomic mass is 35.5. The average Bonchev–Trinajstić information content (AvgIpc) is 2.44. The second kappa shape index (κ2) is 6.69. The van der Waals surface area contributed by atoms with E-state index in [-0.39, 0.29) is 12.0 Å². The number of carboxylic acids is 1. The summed E-state index contributed by atoms with van der Waals surface area (Å²) in [5.74, 6) is -0.329. The molecule has 6 nitrogen and oxygen atoms in total. The number of H-pyrrole nitrogens is 1. The van der Waals surface area contributed by atoms with E-state index < -0.39 is 5.97 Å². The van der Waals surface area contributed by atoms with Crippen LogP contribution in [0.5, 0.6) is 0 Å². The van der Waals surface area contributed by atoms with Crippen LogP contribution in [0.1, 0.15) is 19.2 Å². The van der Waals surface area contributed by atoms with Crippen LogP contribution in [0.25, 0.3) is 10.9 Å². The van der Waals surface area contributed by atoms with Crippen LogP contribution in [-0.2, 0) is 11.3 Å². The fraction of sp³-hybridized carbons (Fsp3) is 0.357. The Morgan fingerprint density at radius 3 is 2.90 bits per heavy atom. The lowest BCUT2D eigenvalue weighted by Gasteiger charge is -2.18. The molecular formula is C14H16ClN3O3. The lowest BCUT2D eigenvalue weighted by Crippen LogP contribution is -2.28. The SMILES string of the molecule is CCN(CCC(=O)O)Cc1nc2ccc(Cl)cc2c(=O)[nH]1. The van der Waals surface area contributed by atoms with Gasteiger partial charge in [0, 0.05) is 11.6 Å². The van der Waals surface area contributed by atoms with Gasteiger partial charge in [-0.05, 0) is 24.7 Å². The number of rotatable bonds is 6. The Hall–Kier alpha value is -1.92. The van der Waals surface area contributed by atoms with E-state index in [1.54, 1.807) is 18.2 Å². The molecule has 112 valence electrons. The molecule has 0 amide bonds. The van der Waals surface area contributed by atoms with E-state index in [0.29, 0.717) is 41.4 Å². The molecule has 21 heavy (non-hydrogen) atoms. The minimum absolute atomic E-state index is 0.0568. The van der Waals surface area contributed by atoms with Crippen molar-refractivity contribution in [2.75, 3.05) is 13.1 Å². The molecule has 7 heteroatoms. The Morgan fingerprint density at radius 2 is 2.24 bits per heavy atom. The van der Waals surface area contributed by atoms with Gasteiger partial charge in [0.15, 0.2) is 0 Å². The second-order valence-corrected chi connectivity index (χ2v) is 5.12. The van der Waals surface area contributed by atoms with Crippen molar-refractivity contribution < 1.29 is 9.90 Å². The van der Waals surface area contributed by atoms with Crippen molar-refractivity contribution in [2.45, 2.75) is 19.9 Å². The molecule has 0 saturated heterocycles. The maximum atomic E-state index is 12.0. The standard InChI is InChI=1S/C14H16ClN3O3/c1-2-18(6-5-13(19)20)8-12-16-11-4-3-9(15)7-10(11)14(21)17-12/h3-4,7H,2,5-6,8H2,1H3,(H,19,20)(H,16,17,21). The number of nitrogens with one attached hydrogen (secondary N) is 1. The first kappa shape index (κ1) is 15.5. The highest BCUT2D eigenvalue weighted by Crippen LogP contribution is 2.14. The van der Waals surface area contributed by atoms with Crippen molar-refractivity contribution in [1.29, 1.82) is 0 Å². The maximum Gasteiger partial charge on any atom is 0.304 e. The summed E-state index contributed by atoms with van der Waals surface area (Å²) >= 11 is 5.86. The minimum atomic E-state index is -0.844. The van der Waals surface area contributed by atoms with Gasteiger partial charge in [0.1, 0.15) is 5.82 Å². The van der Waals surface area contributed by atoms with Crippen molar-refractivity contribution in [3.05, 3.63) is 39.4 Å². The smallest absolute Gasteiger partial charge is 0.304 e. The van der Waals surface area contributed by atoms with Gasteiger partial charge in [-0.1, -0.05) is 18.5 Å². The first-order valence-electron chi connectivity index (χ1n) is 6.62. The summed E-state index contributed by atoms with van der Waals surface area (Å²) in [6.07, 6.45) is 0.0568. The molecule has 1 heterocycles. The molecule has 2 aromatic rings. The van der Waals surface area contributed by atoms with E-state index in [2.05, 4.69) is 9.97 Å². The molecule has 2 N–H and O–H groups in total. The number of hydrogen-bond donors (Lipinski definition) is 2. The summed E-state index contributed by atoms with van der Waals surface area (Å²) in [6, 6.07) is 4.96. The second-order valence-electron chi connectivity index (χ2n) is 4.69. The highest BCUT2D eigenvalue weighted by Gasteiger charge is 2.10. The van der Waals surface area contributed by atoms with Crippen LogP contribution in [-0.4, -0.2) is 39.0 Å². The number of benzene rings is 1. The monoisotopic (exact) mass is 309 g/mol. The Morgan fingerprint density at radius 1 is 1.48 bits per heavy atom. The van der Waals surface area contributed by atoms with Crippen LogP contribution in [0.2, 0.25) is 5.02 Å². The van der Waals surface area contributed by atoms with Crippen molar-refractivity contribution >= 4 is 28.5 Å². The lowest BCUT2D eigenvalue weighted by molar-refractivity contribution is -0.137. The van der Waals surface area contributed by atoms with E-state index in [1.165, 1.54) is 0 Å². The van der Waals surface area contributed by atoms with E-state index in [4.69, 9.17) is 16.7 Å². The number of hydrogen-bond acceptors (Lipinski definition) is 4. The number of carbonyl (C=O) groups is 1. The van der Waals surface area contributed by atoms with Gasteiger partial charge in [0.05, 0.1) is 23.9 Å². The zero-order chi connectivity index (χ0) is 15.4. The van der Waals surface area contributed by atoms with Gasteiger partial charge in [-0.2, -0.15) is 0 Å². The molecule has 0 unspecified atom stereocenters. The Kier molecular flexibility index (Phi) is 4.93. The van der Waals surface area contributed by atoms with Crippen LogP contribution in [0.3, 0.4) is 0 Å². The Labute approximate surface area is 126 Å². The third-order valence-corrected chi connectivity index (χ3v) is 3.41. The summed E-state index contributed by atoms with van der Waals surface area (Å²) in [7, 11) is 0. The predicted molar refractivity (Wildman–Crippen MR) is 80.6 cm³/mol. The number of aromatic nitrogens is 2. The normalized spacial score (nSPS) is 11.2. The van der Waals surface area contributed by atoms with Gasteiger partial charge in [0.25, 0.3) is 5.56 Å². The molecule has 0 spiro atoms. The third-order valence-electron chi connectivity index (χ3n) is 3.18. The molecule has 0 aliphatic heterocycles. The fourth-order valence-electron chi connectivity index (χ4n) is 2.05. The summed E-state index contributed by atoms with van der Waals surface area (Å²) < 4.78 is 0. The number of carboxylic acid groups (broad SMARTS) is 1. The summed E-state index contributed by atoms with van der Waals surface area (Å²) in [6.45, 7) is 3.42. The molecule has 0 bridgehead atoms. The molecule has 1 aromatic heterocycles. The quantitative estimate of drug-likeness (QED) is 0.850. The van der Waals surface area contributed by atoms with E-state index >= 15 is 0 Å². The van der Waals surface area contributed by atoms with Crippen LogP contribution in [0.4, 0.5) is 0 Å². The van der Waals surface area contributed by atoms with Gasteiger partial charge in [-0.3, -0.25) is 14.5 Å². The van der Waals surface area contributed by atoms with Gasteiger partial charge in [0.2, 0.25) is 0 Å². The van der Waals surface area contributed by atoms with Crippen LogP contribution in [0, 0.1) is 0 Å². The van der Waals surface area contributed by atoms with Crippen molar-refractivity contribution in [3.8, 4) is 0 Å². The average molecular weight is 310 g/mol. The lowest BCUT2D eigenvalue weighted by atomic mass is 10.2. The number of nitrogens with zero attached hydrogens (tertiary/aromatic N) is 2. The first-order chi connectivity index (χ1) is 9.99. The largest absolute Gasteiger partial charge is 0.481 e. The third kappa shape index (κ3) is 4.03. The van der Waals surface area contributed by atoms with E-state index in [0.717, 1.165) is 0 Å². The summed E-state index contributed by atoms with van der Waals surface area (Å²) in [5, 5.41) is 9.65. The fourth-order valence-corrected chi connectivity index (χ4v) is 2.22. The van der Waals surface area contributed by atoms with Gasteiger partial charge in [-0.15, -0.1) is 0 Å². The minimum Gasteiger partial charge on any atom is -0.481 e. The predicted octanol–water partition coefficient (Wildman–Crippen LogP) is 1.87. The zero-order valence-electron chi connectivity index (χ0n) is 11.6. The summed E-state index contributed by atoms with van der Waals surface area (Å²) in [4.78, 5) is 31.7. The van der Waals surface area contributed by atoms with Gasteiger partial charge in [-0.25, -0.2) is 4.98 Å². The highest BCUT2D eigenvalue weighted by molar-refractivity contribution is 6.31. The molecule has 0 radical (unpaired) electrons. The maximum absolute atomic E-state index is 12.0. The van der Waals surface area contributed by atoms with Crippen molar-refractivity contribution in [1.82, 2.24) is 14.9 Å². The zero-order valence-corrected chi connectivity index (χ0v) is 12.4. The molecule has 2 rings (SSSR count). The number of aliphatic carboxylic acids is 1. The Bertz CT molecular complexity index is 714. The van der Waals surface area contributed by atoms with E-state index in [9.17, 15) is 9.59 Å². The molecule has 0 saturated carbocycles. The number of aromatic amines is 1. The topological polar surface area (TPSA) is 86.3 Å². The number of fused-ring (bicyclic) bond motifs is 1. The number of halogens is 1. The van der Waals surface area contributed by atoms with E-state index in [1.807, 2.05) is 11.8 Å². The molecule has 0 fully saturated rings. The van der Waals surface area contributed by atoms with Crippen molar-refractivity contribution in [3.63, 3.8) is 0 Å². The Balaban J connectivity index is 2.24. The first-order valence-corrected chi connectivity index (χ1v) is 7.00. The molecule has 0 atom stereocenters. The van der Waals surface area contributed by atoms with Crippen LogP contribution in [0.15, 0.2) is 23.0 Å². The van der Waals surface area contributed by atoms with Crippen molar-refractivity contribution in [2.24, 2.45) is 0 Å². The molecular weight excluding hydrogens is 294 g/mol.